The molecule has 2 aromatic carbocycles. The van der Waals surface area contributed by atoms with Gasteiger partial charge in [0.1, 0.15) is 0 Å². The second-order valence-corrected chi connectivity index (χ2v) is 10.5. The average molecular weight is 498 g/mol. The van der Waals surface area contributed by atoms with Crippen molar-refractivity contribution in [3.8, 4) is 0 Å². The molecule has 34 heavy (non-hydrogen) atoms. The number of sulfonamides is 1. The summed E-state index contributed by atoms with van der Waals surface area (Å²) in [6.07, 6.45) is -3.71. The predicted octanol–water partition coefficient (Wildman–Crippen LogP) is 3.76. The zero-order valence-electron chi connectivity index (χ0n) is 19.0. The van der Waals surface area contributed by atoms with Crippen LogP contribution in [0.2, 0.25) is 0 Å². The first-order valence-corrected chi connectivity index (χ1v) is 12.1. The Morgan fingerprint density at radius 2 is 1.62 bits per heavy atom. The summed E-state index contributed by atoms with van der Waals surface area (Å²) in [5.41, 5.74) is 0.444. The predicted molar refractivity (Wildman–Crippen MR) is 121 cm³/mol. The van der Waals surface area contributed by atoms with E-state index < -0.39 is 21.8 Å². The summed E-state index contributed by atoms with van der Waals surface area (Å²) in [5.74, 6) is -1.04. The smallest absolute Gasteiger partial charge is 0.339 e. The van der Waals surface area contributed by atoms with Gasteiger partial charge in [-0.05, 0) is 61.7 Å². The number of carbonyl (C=O) groups excluding carboxylic acids is 2. The number of hydrogen-bond donors (Lipinski definition) is 1. The van der Waals surface area contributed by atoms with Gasteiger partial charge in [-0.25, -0.2) is 12.7 Å². The number of carbonyl (C=O) groups is 2. The van der Waals surface area contributed by atoms with Crippen molar-refractivity contribution in [2.24, 2.45) is 5.92 Å². The standard InChI is InChI=1S/C23H26F3N3O4S/c1-15-4-9-19(34(32,33)28(2)3)14-20(15)27-21(30)16-10-12-29(13-11-16)22(31)17-5-7-18(8-6-17)23(24,25)26/h4-9,14,16H,10-13H2,1-3H3,(H,27,30). The van der Waals surface area contributed by atoms with Crippen molar-refractivity contribution < 1.29 is 31.2 Å². The number of hydrogen-bond acceptors (Lipinski definition) is 4. The van der Waals surface area contributed by atoms with E-state index in [0.29, 0.717) is 24.1 Å². The number of nitrogens with one attached hydrogen (secondary N) is 1. The van der Waals surface area contributed by atoms with Crippen molar-refractivity contribution in [2.45, 2.75) is 30.8 Å². The van der Waals surface area contributed by atoms with Crippen molar-refractivity contribution in [3.63, 3.8) is 0 Å². The van der Waals surface area contributed by atoms with Gasteiger partial charge in [0.2, 0.25) is 15.9 Å². The van der Waals surface area contributed by atoms with E-state index in [1.165, 1.54) is 31.1 Å². The van der Waals surface area contributed by atoms with Crippen LogP contribution in [0, 0.1) is 12.8 Å². The maximum absolute atomic E-state index is 12.8. The minimum Gasteiger partial charge on any atom is -0.339 e. The van der Waals surface area contributed by atoms with Crippen LogP contribution in [-0.2, 0) is 21.0 Å². The largest absolute Gasteiger partial charge is 0.416 e. The van der Waals surface area contributed by atoms with Gasteiger partial charge in [-0.15, -0.1) is 0 Å². The molecule has 1 aliphatic rings. The van der Waals surface area contributed by atoms with Gasteiger partial charge in [0, 0.05) is 44.4 Å². The van der Waals surface area contributed by atoms with Crippen LogP contribution in [-0.4, -0.2) is 56.6 Å². The number of alkyl halides is 3. The fourth-order valence-corrected chi connectivity index (χ4v) is 4.60. The van der Waals surface area contributed by atoms with Crippen LogP contribution in [0.1, 0.15) is 34.3 Å². The van der Waals surface area contributed by atoms with Gasteiger partial charge in [-0.1, -0.05) is 6.07 Å². The van der Waals surface area contributed by atoms with Gasteiger partial charge in [-0.2, -0.15) is 13.2 Å². The SMILES string of the molecule is Cc1ccc(S(=O)(=O)N(C)C)cc1NC(=O)C1CCN(C(=O)c2ccc(C(F)(F)F)cc2)CC1. The highest BCUT2D eigenvalue weighted by Crippen LogP contribution is 2.30. The minimum atomic E-state index is -4.47. The quantitative estimate of drug-likeness (QED) is 0.682. The maximum atomic E-state index is 12.8. The molecule has 1 fully saturated rings. The molecule has 0 bridgehead atoms. The number of likely N-dealkylation sites (tertiary alicyclic amines) is 1. The normalized spacial score (nSPS) is 15.4. The summed E-state index contributed by atoms with van der Waals surface area (Å²) < 4.78 is 64.0. The van der Waals surface area contributed by atoms with Crippen molar-refractivity contribution in [3.05, 3.63) is 59.2 Å². The van der Waals surface area contributed by atoms with Crippen molar-refractivity contribution >= 4 is 27.5 Å². The molecule has 184 valence electrons. The molecule has 0 aromatic heterocycles. The van der Waals surface area contributed by atoms with Crippen LogP contribution >= 0.6 is 0 Å². The minimum absolute atomic E-state index is 0.0651. The first kappa shape index (κ1) is 25.7. The van der Waals surface area contributed by atoms with Crippen LogP contribution in [0.4, 0.5) is 18.9 Å². The van der Waals surface area contributed by atoms with Gasteiger partial charge >= 0.3 is 6.18 Å². The Hall–Kier alpha value is -2.92. The van der Waals surface area contributed by atoms with E-state index in [9.17, 15) is 31.2 Å². The summed E-state index contributed by atoms with van der Waals surface area (Å²) in [6.45, 7) is 2.32. The molecule has 0 spiro atoms. The highest BCUT2D eigenvalue weighted by Gasteiger charge is 2.31. The first-order valence-electron chi connectivity index (χ1n) is 10.6. The molecular formula is C23H26F3N3O4S. The maximum Gasteiger partial charge on any atom is 0.416 e. The molecule has 2 amide bonds. The Morgan fingerprint density at radius 1 is 1.03 bits per heavy atom. The number of amides is 2. The molecule has 1 heterocycles. The topological polar surface area (TPSA) is 86.8 Å². The zero-order valence-corrected chi connectivity index (χ0v) is 19.8. The zero-order chi connectivity index (χ0) is 25.3. The summed E-state index contributed by atoms with van der Waals surface area (Å²) in [4.78, 5) is 27.0. The second kappa shape index (κ2) is 9.75. The summed E-state index contributed by atoms with van der Waals surface area (Å²) >= 11 is 0. The third-order valence-corrected chi connectivity index (χ3v) is 7.67. The number of aryl methyl sites for hydroxylation is 1. The molecule has 2 aromatic rings. The Kier molecular flexibility index (Phi) is 7.37. The molecule has 0 unspecified atom stereocenters. The second-order valence-electron chi connectivity index (χ2n) is 8.39. The molecule has 3 rings (SSSR count). The third-order valence-electron chi connectivity index (χ3n) is 5.86. The number of piperidine rings is 1. The molecule has 0 aliphatic carbocycles. The van der Waals surface area contributed by atoms with E-state index >= 15 is 0 Å². The summed E-state index contributed by atoms with van der Waals surface area (Å²) in [7, 11) is -0.808. The molecule has 0 atom stereocenters. The van der Waals surface area contributed by atoms with Gasteiger partial charge in [-0.3, -0.25) is 9.59 Å². The van der Waals surface area contributed by atoms with E-state index in [1.807, 2.05) is 0 Å². The Labute approximate surface area is 196 Å². The van der Waals surface area contributed by atoms with E-state index in [4.69, 9.17) is 0 Å². The summed E-state index contributed by atoms with van der Waals surface area (Å²) in [5, 5.41) is 2.80. The lowest BCUT2D eigenvalue weighted by molar-refractivity contribution is -0.137. The van der Waals surface area contributed by atoms with Crippen molar-refractivity contribution in [1.82, 2.24) is 9.21 Å². The molecule has 1 saturated heterocycles. The van der Waals surface area contributed by atoms with Crippen molar-refractivity contribution in [1.29, 1.82) is 0 Å². The number of benzene rings is 2. The van der Waals surface area contributed by atoms with Gasteiger partial charge in [0.15, 0.2) is 0 Å². The number of halogens is 3. The molecule has 1 N–H and O–H groups in total. The van der Waals surface area contributed by atoms with Crippen LogP contribution in [0.3, 0.4) is 0 Å². The number of rotatable bonds is 5. The number of nitrogens with zero attached hydrogens (tertiary/aromatic N) is 2. The summed E-state index contributed by atoms with van der Waals surface area (Å²) in [6, 6.07) is 8.58. The third kappa shape index (κ3) is 5.58. The molecule has 0 radical (unpaired) electrons. The Balaban J connectivity index is 1.62. The fourth-order valence-electron chi connectivity index (χ4n) is 3.67. The van der Waals surface area contributed by atoms with Crippen LogP contribution in [0.15, 0.2) is 47.4 Å². The van der Waals surface area contributed by atoms with Crippen LogP contribution in [0.25, 0.3) is 0 Å². The average Bonchev–Trinajstić information content (AvgIpc) is 2.79. The van der Waals surface area contributed by atoms with E-state index in [0.717, 1.165) is 28.6 Å². The Bertz CT molecular complexity index is 1170. The highest BCUT2D eigenvalue weighted by atomic mass is 32.2. The molecule has 0 saturated carbocycles. The lowest BCUT2D eigenvalue weighted by Gasteiger charge is -2.31. The van der Waals surface area contributed by atoms with Crippen LogP contribution < -0.4 is 5.32 Å². The van der Waals surface area contributed by atoms with E-state index in [1.54, 1.807) is 13.0 Å². The molecule has 11 heteroatoms. The lowest BCUT2D eigenvalue weighted by atomic mass is 9.95. The molecular weight excluding hydrogens is 471 g/mol. The first-order chi connectivity index (χ1) is 15.8. The van der Waals surface area contributed by atoms with Gasteiger partial charge in [0.25, 0.3) is 5.91 Å². The Morgan fingerprint density at radius 3 is 2.15 bits per heavy atom. The number of anilines is 1. The fraction of sp³-hybridized carbons (Fsp3) is 0.391. The van der Waals surface area contributed by atoms with Gasteiger partial charge in [0.05, 0.1) is 10.5 Å². The van der Waals surface area contributed by atoms with E-state index in [2.05, 4.69) is 5.32 Å². The molecule has 7 nitrogen and oxygen atoms in total. The monoisotopic (exact) mass is 497 g/mol. The molecule has 1 aliphatic heterocycles. The lowest BCUT2D eigenvalue weighted by Crippen LogP contribution is -2.41. The highest BCUT2D eigenvalue weighted by molar-refractivity contribution is 7.89. The van der Waals surface area contributed by atoms with E-state index in [-0.39, 0.29) is 41.3 Å². The van der Waals surface area contributed by atoms with Crippen LogP contribution in [0.5, 0.6) is 0 Å². The van der Waals surface area contributed by atoms with Crippen molar-refractivity contribution in [2.75, 3.05) is 32.5 Å². The van der Waals surface area contributed by atoms with Gasteiger partial charge < -0.3 is 10.2 Å².